The van der Waals surface area contributed by atoms with Crippen molar-refractivity contribution < 1.29 is 9.59 Å². The molecule has 33 heavy (non-hydrogen) atoms. The predicted molar refractivity (Wildman–Crippen MR) is 129 cm³/mol. The lowest BCUT2D eigenvalue weighted by molar-refractivity contribution is -0.128. The number of benzene rings is 1. The molecule has 3 aliphatic rings. The van der Waals surface area contributed by atoms with Gasteiger partial charge in [-0.15, -0.1) is 0 Å². The zero-order valence-corrected chi connectivity index (χ0v) is 20.6. The number of halogens is 1. The third kappa shape index (κ3) is 4.43. The highest BCUT2D eigenvalue weighted by molar-refractivity contribution is 9.10. The van der Waals surface area contributed by atoms with E-state index in [9.17, 15) is 14.4 Å². The highest BCUT2D eigenvalue weighted by Crippen LogP contribution is 2.61. The minimum absolute atomic E-state index is 0.278. The standard InChI is InChI=1S/C24H30BrN5O3/c1-13-16-9-15(24(16,2)3)10-17(13)28-18-11-27-30(23(33)20(18)25)12-19(31)29-21(22(26)32)14-7-5-4-6-8-14/h4-8,11,13,15-17,21,28H,9-10,12H2,1-3H3,(H2,26,32)(H,29,31)/t13-,15+,16-,17-,21?/m1/s1. The van der Waals surface area contributed by atoms with Gasteiger partial charge in [0.25, 0.3) is 5.56 Å². The molecule has 1 aromatic carbocycles. The maximum atomic E-state index is 12.9. The van der Waals surface area contributed by atoms with Crippen LogP contribution in [0.3, 0.4) is 0 Å². The van der Waals surface area contributed by atoms with E-state index in [-0.39, 0.29) is 12.6 Å². The van der Waals surface area contributed by atoms with Gasteiger partial charge >= 0.3 is 0 Å². The fourth-order valence-corrected chi connectivity index (χ4v) is 5.95. The van der Waals surface area contributed by atoms with Crippen LogP contribution in [0.15, 0.2) is 45.8 Å². The molecule has 8 nitrogen and oxygen atoms in total. The summed E-state index contributed by atoms with van der Waals surface area (Å²) in [6.45, 7) is 6.65. The maximum absolute atomic E-state index is 12.9. The lowest BCUT2D eigenvalue weighted by Gasteiger charge is -2.62. The zero-order chi connectivity index (χ0) is 23.9. The minimum atomic E-state index is -0.984. The average molecular weight is 516 g/mol. The summed E-state index contributed by atoms with van der Waals surface area (Å²) in [7, 11) is 0. The monoisotopic (exact) mass is 515 g/mol. The largest absolute Gasteiger partial charge is 0.380 e. The number of nitrogens with one attached hydrogen (secondary N) is 2. The Morgan fingerprint density at radius 1 is 1.27 bits per heavy atom. The summed E-state index contributed by atoms with van der Waals surface area (Å²) in [6, 6.07) is 8.01. The molecule has 9 heteroatoms. The Bertz CT molecular complexity index is 1120. The molecule has 2 aromatic rings. The van der Waals surface area contributed by atoms with Gasteiger partial charge in [-0.1, -0.05) is 51.1 Å². The molecule has 0 aliphatic heterocycles. The van der Waals surface area contributed by atoms with Crippen LogP contribution in [0.4, 0.5) is 5.69 Å². The second kappa shape index (κ2) is 8.93. The number of anilines is 1. The van der Waals surface area contributed by atoms with Crippen molar-refractivity contribution in [3.05, 3.63) is 56.9 Å². The van der Waals surface area contributed by atoms with Gasteiger partial charge in [0.05, 0.1) is 11.9 Å². The number of aromatic nitrogens is 2. The molecular formula is C24H30BrN5O3. The van der Waals surface area contributed by atoms with Gasteiger partial charge < -0.3 is 16.4 Å². The number of carbonyl (C=O) groups is 2. The van der Waals surface area contributed by atoms with Gasteiger partial charge in [0.15, 0.2) is 0 Å². The molecule has 1 heterocycles. The van der Waals surface area contributed by atoms with Gasteiger partial charge in [-0.25, -0.2) is 4.68 Å². The molecule has 3 aliphatic carbocycles. The fourth-order valence-electron chi connectivity index (χ4n) is 5.53. The van der Waals surface area contributed by atoms with Crippen LogP contribution in [0.5, 0.6) is 0 Å². The number of rotatable bonds is 7. The summed E-state index contributed by atoms with van der Waals surface area (Å²) in [5.74, 6) is 0.641. The molecule has 0 radical (unpaired) electrons. The number of hydrogen-bond donors (Lipinski definition) is 3. The van der Waals surface area contributed by atoms with Crippen LogP contribution >= 0.6 is 15.9 Å². The van der Waals surface area contributed by atoms with E-state index in [1.54, 1.807) is 36.5 Å². The van der Waals surface area contributed by atoms with Gasteiger partial charge in [-0.3, -0.25) is 14.4 Å². The maximum Gasteiger partial charge on any atom is 0.283 e. The number of nitrogens with two attached hydrogens (primary N) is 1. The first kappa shape index (κ1) is 23.5. The van der Waals surface area contributed by atoms with Crippen LogP contribution in [0.2, 0.25) is 0 Å². The van der Waals surface area contributed by atoms with Gasteiger partial charge in [0, 0.05) is 6.04 Å². The molecule has 4 N–H and O–H groups in total. The van der Waals surface area contributed by atoms with Crippen molar-refractivity contribution in [3.63, 3.8) is 0 Å². The molecule has 2 bridgehead atoms. The van der Waals surface area contributed by atoms with E-state index in [2.05, 4.69) is 52.4 Å². The summed E-state index contributed by atoms with van der Waals surface area (Å²) in [5.41, 5.74) is 6.63. The molecule has 3 saturated carbocycles. The van der Waals surface area contributed by atoms with Crippen molar-refractivity contribution in [1.82, 2.24) is 15.1 Å². The van der Waals surface area contributed by atoms with Crippen molar-refractivity contribution in [2.75, 3.05) is 5.32 Å². The molecule has 5 rings (SSSR count). The zero-order valence-electron chi connectivity index (χ0n) is 19.0. The molecule has 176 valence electrons. The molecule has 0 spiro atoms. The Labute approximate surface area is 201 Å². The fraction of sp³-hybridized carbons (Fsp3) is 0.500. The second-order valence-electron chi connectivity index (χ2n) is 9.85. The van der Waals surface area contributed by atoms with Crippen LogP contribution in [0, 0.1) is 23.2 Å². The van der Waals surface area contributed by atoms with Crippen LogP contribution in [-0.2, 0) is 16.1 Å². The van der Waals surface area contributed by atoms with E-state index >= 15 is 0 Å². The highest BCUT2D eigenvalue weighted by atomic mass is 79.9. The number of carbonyl (C=O) groups excluding carboxylic acids is 2. The highest BCUT2D eigenvalue weighted by Gasteiger charge is 2.56. The van der Waals surface area contributed by atoms with Gasteiger partial charge in [-0.05, 0) is 57.5 Å². The molecule has 1 unspecified atom stereocenters. The SMILES string of the molecule is C[C@@H]1[C@H]2C[C@@H](C[C@H]1Nc1cnn(CC(=O)NC(C(N)=O)c3ccccc3)c(=O)c1Br)C2(C)C. The molecular weight excluding hydrogens is 486 g/mol. The van der Waals surface area contributed by atoms with Crippen LogP contribution in [0.1, 0.15) is 45.2 Å². The quantitative estimate of drug-likeness (QED) is 0.523. The number of fused-ring (bicyclic) bond motifs is 2. The Balaban J connectivity index is 1.44. The van der Waals surface area contributed by atoms with Gasteiger partial charge in [-0.2, -0.15) is 5.10 Å². The molecule has 5 atom stereocenters. The Hall–Kier alpha value is -2.68. The number of primary amides is 1. The van der Waals surface area contributed by atoms with E-state index in [1.165, 1.54) is 6.42 Å². The lowest BCUT2D eigenvalue weighted by atomic mass is 9.45. The Morgan fingerprint density at radius 2 is 1.97 bits per heavy atom. The van der Waals surface area contributed by atoms with Crippen molar-refractivity contribution in [2.45, 2.75) is 52.2 Å². The second-order valence-corrected chi connectivity index (χ2v) is 10.6. The van der Waals surface area contributed by atoms with E-state index in [0.717, 1.165) is 11.1 Å². The molecule has 0 saturated heterocycles. The van der Waals surface area contributed by atoms with Gasteiger partial charge in [0.1, 0.15) is 17.1 Å². The lowest BCUT2D eigenvalue weighted by Crippen LogP contribution is -2.58. The van der Waals surface area contributed by atoms with E-state index in [0.29, 0.717) is 38.9 Å². The van der Waals surface area contributed by atoms with Crippen LogP contribution in [0.25, 0.3) is 0 Å². The Morgan fingerprint density at radius 3 is 2.58 bits per heavy atom. The summed E-state index contributed by atoms with van der Waals surface area (Å²) in [4.78, 5) is 37.3. The van der Waals surface area contributed by atoms with E-state index in [1.807, 2.05) is 0 Å². The topological polar surface area (TPSA) is 119 Å². The van der Waals surface area contributed by atoms with E-state index in [4.69, 9.17) is 5.73 Å². The van der Waals surface area contributed by atoms with Crippen molar-refractivity contribution in [2.24, 2.45) is 28.9 Å². The minimum Gasteiger partial charge on any atom is -0.380 e. The number of nitrogens with zero attached hydrogens (tertiary/aromatic N) is 2. The van der Waals surface area contributed by atoms with Crippen LogP contribution in [-0.4, -0.2) is 27.6 Å². The average Bonchev–Trinajstić information content (AvgIpc) is 2.78. The third-order valence-corrected chi connectivity index (χ3v) is 8.46. The summed E-state index contributed by atoms with van der Waals surface area (Å²) < 4.78 is 1.41. The number of amides is 2. The van der Waals surface area contributed by atoms with E-state index < -0.39 is 23.4 Å². The molecule has 2 amide bonds. The molecule has 1 aromatic heterocycles. The summed E-state index contributed by atoms with van der Waals surface area (Å²) >= 11 is 3.39. The van der Waals surface area contributed by atoms with Crippen LogP contribution < -0.4 is 21.9 Å². The first-order chi connectivity index (χ1) is 15.6. The smallest absolute Gasteiger partial charge is 0.283 e. The van der Waals surface area contributed by atoms with Crippen molar-refractivity contribution >= 4 is 33.4 Å². The first-order valence-electron chi connectivity index (χ1n) is 11.3. The predicted octanol–water partition coefficient (Wildman–Crippen LogP) is 2.83. The normalized spacial score (nSPS) is 26.1. The van der Waals surface area contributed by atoms with Gasteiger partial charge in [0.2, 0.25) is 11.8 Å². The Kier molecular flexibility index (Phi) is 6.35. The summed E-state index contributed by atoms with van der Waals surface area (Å²) in [6.07, 6.45) is 3.91. The summed E-state index contributed by atoms with van der Waals surface area (Å²) in [5, 5.41) is 10.3. The van der Waals surface area contributed by atoms with Crippen molar-refractivity contribution in [1.29, 1.82) is 0 Å². The first-order valence-corrected chi connectivity index (χ1v) is 12.0. The third-order valence-electron chi connectivity index (χ3n) is 7.70. The molecule has 3 fully saturated rings. The van der Waals surface area contributed by atoms with Crippen molar-refractivity contribution in [3.8, 4) is 0 Å². The number of hydrogen-bond acceptors (Lipinski definition) is 5.